The first-order chi connectivity index (χ1) is 22.1. The molecule has 240 valence electrons. The van der Waals surface area contributed by atoms with Crippen molar-refractivity contribution in [2.24, 2.45) is 4.99 Å². The van der Waals surface area contributed by atoms with Crippen molar-refractivity contribution in [3.05, 3.63) is 119 Å². The second-order valence-electron chi connectivity index (χ2n) is 10.6. The van der Waals surface area contributed by atoms with Gasteiger partial charge in [-0.2, -0.15) is 0 Å². The Labute approximate surface area is 278 Å². The third-order valence-corrected chi connectivity index (χ3v) is 8.62. The topological polar surface area (TPSA) is 88.4 Å². The number of allylic oxidation sites excluding steroid dienone is 1. The average Bonchev–Trinajstić information content (AvgIpc) is 3.31. The molecule has 5 rings (SSSR count). The number of esters is 1. The molecule has 46 heavy (non-hydrogen) atoms. The van der Waals surface area contributed by atoms with Crippen molar-refractivity contribution in [1.29, 1.82) is 0 Å². The van der Waals surface area contributed by atoms with Crippen molar-refractivity contribution in [3.63, 3.8) is 0 Å². The minimum Gasteiger partial charge on any atom is -0.491 e. The number of rotatable bonds is 11. The van der Waals surface area contributed by atoms with Crippen LogP contribution < -0.4 is 29.1 Å². The maximum Gasteiger partial charge on any atom is 0.338 e. The van der Waals surface area contributed by atoms with Gasteiger partial charge in [0.15, 0.2) is 16.3 Å². The zero-order chi connectivity index (χ0) is 33.0. The third kappa shape index (κ3) is 6.95. The van der Waals surface area contributed by atoms with E-state index in [1.54, 1.807) is 50.3 Å². The monoisotopic (exact) mass is 708 g/mol. The summed E-state index contributed by atoms with van der Waals surface area (Å²) in [6.07, 6.45) is 1.61. The summed E-state index contributed by atoms with van der Waals surface area (Å²) in [5.41, 5.74) is 2.15. The van der Waals surface area contributed by atoms with E-state index >= 15 is 0 Å². The number of benzene rings is 3. The number of aromatic nitrogens is 1. The van der Waals surface area contributed by atoms with Gasteiger partial charge < -0.3 is 18.9 Å². The predicted octanol–water partition coefficient (Wildman–Crippen LogP) is 6.46. The lowest BCUT2D eigenvalue weighted by atomic mass is 9.95. The first-order valence-corrected chi connectivity index (χ1v) is 16.5. The molecule has 11 heteroatoms. The summed E-state index contributed by atoms with van der Waals surface area (Å²) < 4.78 is 40.1. The molecule has 1 aliphatic rings. The van der Waals surface area contributed by atoms with Crippen molar-refractivity contribution < 1.29 is 28.1 Å². The Balaban J connectivity index is 1.62. The highest BCUT2D eigenvalue weighted by Gasteiger charge is 2.35. The molecule has 0 fully saturated rings. The Morgan fingerprint density at radius 3 is 2.52 bits per heavy atom. The van der Waals surface area contributed by atoms with Crippen LogP contribution in [0, 0.1) is 5.82 Å². The lowest BCUT2D eigenvalue weighted by molar-refractivity contribution is -0.139. The quantitative estimate of drug-likeness (QED) is 0.166. The Morgan fingerprint density at radius 2 is 1.80 bits per heavy atom. The summed E-state index contributed by atoms with van der Waals surface area (Å²) in [4.78, 5) is 32.6. The molecule has 2 heterocycles. The molecule has 1 aliphatic heterocycles. The van der Waals surface area contributed by atoms with E-state index in [9.17, 15) is 14.0 Å². The van der Waals surface area contributed by atoms with Gasteiger partial charge in [-0.25, -0.2) is 14.2 Å². The van der Waals surface area contributed by atoms with E-state index in [-0.39, 0.29) is 36.3 Å². The van der Waals surface area contributed by atoms with Crippen molar-refractivity contribution >= 4 is 39.3 Å². The number of hydrogen-bond acceptors (Lipinski definition) is 8. The van der Waals surface area contributed by atoms with Gasteiger partial charge in [0.25, 0.3) is 5.56 Å². The number of carbonyl (C=O) groups excluding carboxylic acids is 1. The first kappa shape index (κ1) is 33.2. The largest absolute Gasteiger partial charge is 0.491 e. The molecule has 0 unspecified atom stereocenters. The third-order valence-electron chi connectivity index (χ3n) is 7.05. The van der Waals surface area contributed by atoms with Crippen LogP contribution in [0.2, 0.25) is 0 Å². The molecule has 0 bridgehead atoms. The maximum atomic E-state index is 14.2. The molecular weight excluding hydrogens is 675 g/mol. The van der Waals surface area contributed by atoms with E-state index in [1.807, 2.05) is 45.0 Å². The normalized spacial score (nSPS) is 14.6. The van der Waals surface area contributed by atoms with E-state index in [4.69, 9.17) is 18.9 Å². The van der Waals surface area contributed by atoms with Gasteiger partial charge in [-0.05, 0) is 86.5 Å². The smallest absolute Gasteiger partial charge is 0.338 e. The summed E-state index contributed by atoms with van der Waals surface area (Å²) in [7, 11) is 0. The highest BCUT2D eigenvalue weighted by molar-refractivity contribution is 9.10. The number of halogens is 2. The molecule has 0 N–H and O–H groups in total. The molecule has 8 nitrogen and oxygen atoms in total. The Morgan fingerprint density at radius 1 is 1.07 bits per heavy atom. The minimum absolute atomic E-state index is 0.00738. The molecule has 0 amide bonds. The van der Waals surface area contributed by atoms with Gasteiger partial charge >= 0.3 is 5.97 Å². The van der Waals surface area contributed by atoms with Gasteiger partial charge in [-0.3, -0.25) is 9.36 Å². The fourth-order valence-electron chi connectivity index (χ4n) is 5.14. The van der Waals surface area contributed by atoms with Crippen LogP contribution in [-0.2, 0) is 16.1 Å². The summed E-state index contributed by atoms with van der Waals surface area (Å²) in [5.74, 6) is 0.510. The van der Waals surface area contributed by atoms with Gasteiger partial charge in [-0.15, -0.1) is 0 Å². The van der Waals surface area contributed by atoms with Crippen LogP contribution >= 0.6 is 27.3 Å². The van der Waals surface area contributed by atoms with Crippen LogP contribution in [-0.4, -0.2) is 29.9 Å². The lowest BCUT2D eigenvalue weighted by Gasteiger charge is -2.26. The summed E-state index contributed by atoms with van der Waals surface area (Å²) in [5, 5.41) is 0. The van der Waals surface area contributed by atoms with E-state index < -0.39 is 12.0 Å². The SMILES string of the molecule is CCOC(=O)C1=C(C)N=c2s/c(=C/c3cc(Br)c(OCc4ccccc4F)c(OCC)c3)c(=O)n2[C@H]1c1ccccc1OC(C)C. The van der Waals surface area contributed by atoms with Crippen LogP contribution in [0.4, 0.5) is 4.39 Å². The number of nitrogens with zero attached hydrogens (tertiary/aromatic N) is 2. The molecule has 0 aliphatic carbocycles. The number of hydrogen-bond donors (Lipinski definition) is 0. The van der Waals surface area contributed by atoms with Crippen LogP contribution in [0.1, 0.15) is 57.4 Å². The van der Waals surface area contributed by atoms with Crippen LogP contribution in [0.3, 0.4) is 0 Å². The molecule has 1 atom stereocenters. The summed E-state index contributed by atoms with van der Waals surface area (Å²) in [6.45, 7) is 9.71. The number of para-hydroxylation sites is 1. The van der Waals surface area contributed by atoms with E-state index in [0.717, 1.165) is 0 Å². The van der Waals surface area contributed by atoms with Gasteiger partial charge in [0.1, 0.15) is 24.2 Å². The van der Waals surface area contributed by atoms with Gasteiger partial charge in [0.2, 0.25) is 0 Å². The first-order valence-electron chi connectivity index (χ1n) is 14.9. The van der Waals surface area contributed by atoms with Gasteiger partial charge in [0, 0.05) is 11.1 Å². The van der Waals surface area contributed by atoms with Crippen molar-refractivity contribution in [2.45, 2.75) is 53.4 Å². The molecule has 0 saturated carbocycles. The molecule has 3 aromatic carbocycles. The maximum absolute atomic E-state index is 14.2. The zero-order valence-electron chi connectivity index (χ0n) is 26.1. The predicted molar refractivity (Wildman–Crippen MR) is 179 cm³/mol. The standard InChI is InChI=1S/C35H34BrFN2O6S/c1-6-42-28-17-22(16-25(36)32(28)44-19-23-12-8-10-14-26(23)37)18-29-33(40)39-31(24-13-9-11-15-27(24)45-20(3)4)30(34(41)43-7-2)21(5)38-35(39)46-29/h8-18,20,31H,6-7,19H2,1-5H3/b29-18+/t31-/m0/s1. The lowest BCUT2D eigenvalue weighted by Crippen LogP contribution is -2.40. The van der Waals surface area contributed by atoms with Crippen molar-refractivity contribution in [2.75, 3.05) is 13.2 Å². The summed E-state index contributed by atoms with van der Waals surface area (Å²) in [6, 6.07) is 16.5. The molecular formula is C35H34BrFN2O6S. The molecule has 4 aromatic rings. The number of carbonyl (C=O) groups is 1. The van der Waals surface area contributed by atoms with Crippen molar-refractivity contribution in [1.82, 2.24) is 4.57 Å². The fourth-order valence-corrected chi connectivity index (χ4v) is 6.77. The van der Waals surface area contributed by atoms with E-state index in [1.165, 1.54) is 22.0 Å². The summed E-state index contributed by atoms with van der Waals surface area (Å²) >= 11 is 4.79. The zero-order valence-corrected chi connectivity index (χ0v) is 28.5. The molecule has 1 aromatic heterocycles. The highest BCUT2D eigenvalue weighted by atomic mass is 79.9. The second-order valence-corrected chi connectivity index (χ2v) is 12.5. The molecule has 0 spiro atoms. The van der Waals surface area contributed by atoms with Gasteiger partial charge in [-0.1, -0.05) is 47.7 Å². The van der Waals surface area contributed by atoms with Crippen LogP contribution in [0.15, 0.2) is 86.2 Å². The number of ether oxygens (including phenoxy) is 4. The molecule has 0 radical (unpaired) electrons. The Kier molecular flexibility index (Phi) is 10.4. The number of thiazole rings is 1. The minimum atomic E-state index is -0.813. The Bertz CT molecular complexity index is 1980. The van der Waals surface area contributed by atoms with E-state index in [0.29, 0.717) is 60.0 Å². The molecule has 0 saturated heterocycles. The Hall–Kier alpha value is -4.22. The van der Waals surface area contributed by atoms with Crippen LogP contribution in [0.5, 0.6) is 17.2 Å². The highest BCUT2D eigenvalue weighted by Crippen LogP contribution is 2.38. The number of fused-ring (bicyclic) bond motifs is 1. The average molecular weight is 710 g/mol. The van der Waals surface area contributed by atoms with Crippen LogP contribution in [0.25, 0.3) is 6.08 Å². The van der Waals surface area contributed by atoms with Gasteiger partial charge in [0.05, 0.1) is 39.6 Å². The second kappa shape index (κ2) is 14.5. The van der Waals surface area contributed by atoms with Crippen molar-refractivity contribution in [3.8, 4) is 17.2 Å². The fraction of sp³-hybridized carbons (Fsp3) is 0.286. The van der Waals surface area contributed by atoms with E-state index in [2.05, 4.69) is 20.9 Å².